The molecule has 40 heavy (non-hydrogen) atoms. The summed E-state index contributed by atoms with van der Waals surface area (Å²) >= 11 is 0. The van der Waals surface area contributed by atoms with Crippen LogP contribution in [-0.2, 0) is 27.2 Å². The summed E-state index contributed by atoms with van der Waals surface area (Å²) in [6.07, 6.45) is 3.58. The Labute approximate surface area is 234 Å². The molecule has 8 nitrogen and oxygen atoms in total. The van der Waals surface area contributed by atoms with E-state index >= 15 is 0 Å². The zero-order valence-corrected chi connectivity index (χ0v) is 23.3. The molecule has 0 unspecified atom stereocenters. The number of ether oxygens (including phenoxy) is 2. The number of rotatable bonds is 3. The van der Waals surface area contributed by atoms with Crippen LogP contribution in [0.2, 0.25) is 0 Å². The minimum atomic E-state index is -0.598. The van der Waals surface area contributed by atoms with Crippen molar-refractivity contribution in [2.45, 2.75) is 57.2 Å². The molecule has 0 aromatic heterocycles. The van der Waals surface area contributed by atoms with Crippen molar-refractivity contribution in [3.63, 3.8) is 0 Å². The Morgan fingerprint density at radius 1 is 1.00 bits per heavy atom. The van der Waals surface area contributed by atoms with Crippen LogP contribution in [0.25, 0.3) is 0 Å². The number of benzene rings is 2. The fourth-order valence-corrected chi connectivity index (χ4v) is 4.79. The SMILES string of the molecule is C[C@@H]1COCN[C@H](Cc2ccc(F)cc2)C(=O)NCCCc2ccc(F)cc2OCCN[C@@H](C2CC2)C(=O)N1C. The third kappa shape index (κ3) is 8.71. The van der Waals surface area contributed by atoms with Crippen LogP contribution < -0.4 is 20.7 Å². The summed E-state index contributed by atoms with van der Waals surface area (Å²) in [6.45, 7) is 3.51. The molecule has 1 aliphatic heterocycles. The van der Waals surface area contributed by atoms with E-state index in [1.54, 1.807) is 30.1 Å². The van der Waals surface area contributed by atoms with Crippen LogP contribution >= 0.6 is 0 Å². The summed E-state index contributed by atoms with van der Waals surface area (Å²) in [5, 5.41) is 9.47. The molecule has 2 aliphatic rings. The molecule has 1 aliphatic carbocycles. The van der Waals surface area contributed by atoms with Crippen LogP contribution in [0.5, 0.6) is 5.75 Å². The third-order valence-electron chi connectivity index (χ3n) is 7.50. The number of hydrogen-bond donors (Lipinski definition) is 3. The average Bonchev–Trinajstić information content (AvgIpc) is 3.78. The van der Waals surface area contributed by atoms with E-state index in [4.69, 9.17) is 9.47 Å². The smallest absolute Gasteiger partial charge is 0.240 e. The maximum Gasteiger partial charge on any atom is 0.240 e. The van der Waals surface area contributed by atoms with Crippen LogP contribution in [0.3, 0.4) is 0 Å². The van der Waals surface area contributed by atoms with Gasteiger partial charge in [0.1, 0.15) is 24.0 Å². The third-order valence-corrected chi connectivity index (χ3v) is 7.50. The summed E-state index contributed by atoms with van der Waals surface area (Å²) in [5.74, 6) is -0.157. The summed E-state index contributed by atoms with van der Waals surface area (Å²) in [5.41, 5.74) is 1.66. The highest BCUT2D eigenvalue weighted by molar-refractivity contribution is 5.83. The molecule has 3 N–H and O–H groups in total. The number of hydrogen-bond acceptors (Lipinski definition) is 6. The van der Waals surface area contributed by atoms with E-state index in [-0.39, 0.29) is 48.2 Å². The Morgan fingerprint density at radius 2 is 1.75 bits per heavy atom. The van der Waals surface area contributed by atoms with Gasteiger partial charge in [-0.1, -0.05) is 18.2 Å². The van der Waals surface area contributed by atoms with E-state index in [1.807, 2.05) is 6.92 Å². The number of fused-ring (bicyclic) bond motifs is 1. The number of nitrogens with zero attached hydrogens (tertiary/aromatic N) is 1. The van der Waals surface area contributed by atoms with Gasteiger partial charge in [-0.2, -0.15) is 0 Å². The first-order chi connectivity index (χ1) is 19.3. The molecule has 2 amide bonds. The van der Waals surface area contributed by atoms with Crippen LogP contribution in [0.1, 0.15) is 37.3 Å². The highest BCUT2D eigenvalue weighted by Crippen LogP contribution is 2.33. The number of nitrogens with one attached hydrogen (secondary N) is 3. The van der Waals surface area contributed by atoms with Crippen LogP contribution in [0.15, 0.2) is 42.5 Å². The Bertz CT molecular complexity index is 1130. The molecule has 10 heteroatoms. The molecule has 2 aromatic carbocycles. The van der Waals surface area contributed by atoms with E-state index in [9.17, 15) is 18.4 Å². The first-order valence-electron chi connectivity index (χ1n) is 14.1. The summed E-state index contributed by atoms with van der Waals surface area (Å²) in [7, 11) is 1.77. The highest BCUT2D eigenvalue weighted by Gasteiger charge is 2.38. The van der Waals surface area contributed by atoms with Crippen LogP contribution in [0.4, 0.5) is 8.78 Å². The molecule has 3 atom stereocenters. The molecule has 0 bridgehead atoms. The highest BCUT2D eigenvalue weighted by atomic mass is 19.1. The number of halogens is 2. The fourth-order valence-electron chi connectivity index (χ4n) is 4.79. The van der Waals surface area contributed by atoms with Gasteiger partial charge in [0.2, 0.25) is 11.8 Å². The van der Waals surface area contributed by atoms with Gasteiger partial charge >= 0.3 is 0 Å². The van der Waals surface area contributed by atoms with Crippen molar-refractivity contribution in [3.05, 3.63) is 65.2 Å². The number of aryl methyl sites for hydroxylation is 1. The zero-order valence-electron chi connectivity index (χ0n) is 23.3. The Balaban J connectivity index is 1.47. The summed E-state index contributed by atoms with van der Waals surface area (Å²) < 4.78 is 39.1. The lowest BCUT2D eigenvalue weighted by Crippen LogP contribution is -2.51. The van der Waals surface area contributed by atoms with Gasteiger partial charge in [-0.3, -0.25) is 14.9 Å². The molecular weight excluding hydrogens is 518 g/mol. The van der Waals surface area contributed by atoms with Gasteiger partial charge in [0, 0.05) is 26.2 Å². The first kappa shape index (κ1) is 29.9. The van der Waals surface area contributed by atoms with Gasteiger partial charge in [0.25, 0.3) is 0 Å². The first-order valence-corrected chi connectivity index (χ1v) is 14.1. The van der Waals surface area contributed by atoms with E-state index in [1.165, 1.54) is 24.3 Å². The van der Waals surface area contributed by atoms with Crippen molar-refractivity contribution in [2.24, 2.45) is 5.92 Å². The topological polar surface area (TPSA) is 91.9 Å². The zero-order chi connectivity index (χ0) is 28.5. The molecular formula is C30H40F2N4O4. The predicted molar refractivity (Wildman–Crippen MR) is 148 cm³/mol. The lowest BCUT2D eigenvalue weighted by atomic mass is 10.0. The van der Waals surface area contributed by atoms with Crippen LogP contribution in [-0.4, -0.2) is 74.9 Å². The van der Waals surface area contributed by atoms with E-state index in [0.29, 0.717) is 51.3 Å². The number of likely N-dealkylation sites (N-methyl/N-ethyl adjacent to an activating group) is 1. The molecule has 2 aromatic rings. The second-order valence-corrected chi connectivity index (χ2v) is 10.7. The van der Waals surface area contributed by atoms with Crippen molar-refractivity contribution >= 4 is 11.8 Å². The second-order valence-electron chi connectivity index (χ2n) is 10.7. The maximum absolute atomic E-state index is 14.0. The molecule has 1 heterocycles. The van der Waals surface area contributed by atoms with Crippen molar-refractivity contribution in [1.82, 2.24) is 20.9 Å². The second kappa shape index (κ2) is 14.5. The van der Waals surface area contributed by atoms with Gasteiger partial charge in [0.15, 0.2) is 0 Å². The molecule has 0 radical (unpaired) electrons. The largest absolute Gasteiger partial charge is 0.492 e. The number of carbonyl (C=O) groups excluding carboxylic acids is 2. The van der Waals surface area contributed by atoms with Gasteiger partial charge in [-0.25, -0.2) is 8.78 Å². The number of amides is 2. The van der Waals surface area contributed by atoms with Crippen molar-refractivity contribution in [2.75, 3.05) is 40.1 Å². The minimum absolute atomic E-state index is 0.000900. The van der Waals surface area contributed by atoms with Crippen molar-refractivity contribution < 1.29 is 27.8 Å². The van der Waals surface area contributed by atoms with Crippen molar-refractivity contribution in [3.8, 4) is 5.75 Å². The normalized spacial score (nSPS) is 24.5. The van der Waals surface area contributed by atoms with Crippen LogP contribution in [0, 0.1) is 17.6 Å². The quantitative estimate of drug-likeness (QED) is 0.537. The monoisotopic (exact) mass is 558 g/mol. The van der Waals surface area contributed by atoms with Gasteiger partial charge in [-0.15, -0.1) is 0 Å². The fraction of sp³-hybridized carbons (Fsp3) is 0.533. The van der Waals surface area contributed by atoms with Gasteiger partial charge < -0.3 is 25.0 Å². The molecule has 0 saturated heterocycles. The predicted octanol–water partition coefficient (Wildman–Crippen LogP) is 2.80. The Kier molecular flexibility index (Phi) is 10.9. The standard InChI is InChI=1S/C30H40F2N4O4/c1-20-18-39-19-35-26(16-21-5-10-24(31)11-6-21)29(37)34-13-3-4-22-9-12-25(32)17-27(22)40-15-14-33-28(23-7-8-23)30(38)36(20)2/h5-6,9-12,17,20,23,26,28,33,35H,3-4,7-8,13-16,18-19H2,1-2H3,(H,34,37)/t20-,26-,28+/m1/s1. The van der Waals surface area contributed by atoms with Gasteiger partial charge in [0.05, 0.1) is 31.5 Å². The maximum atomic E-state index is 14.0. The van der Waals surface area contributed by atoms with Gasteiger partial charge in [-0.05, 0) is 74.3 Å². The molecule has 1 saturated carbocycles. The lowest BCUT2D eigenvalue weighted by Gasteiger charge is -2.30. The average molecular weight is 559 g/mol. The molecule has 218 valence electrons. The molecule has 4 rings (SSSR count). The number of carbonyl (C=O) groups is 2. The minimum Gasteiger partial charge on any atom is -0.492 e. The summed E-state index contributed by atoms with van der Waals surface area (Å²) in [4.78, 5) is 28.1. The molecule has 1 fully saturated rings. The summed E-state index contributed by atoms with van der Waals surface area (Å²) in [6, 6.07) is 9.45. The Morgan fingerprint density at radius 3 is 2.50 bits per heavy atom. The van der Waals surface area contributed by atoms with E-state index in [0.717, 1.165) is 24.0 Å². The van der Waals surface area contributed by atoms with E-state index in [2.05, 4.69) is 16.0 Å². The Hall–Kier alpha value is -3.08. The molecule has 0 spiro atoms. The lowest BCUT2D eigenvalue weighted by molar-refractivity contribution is -0.135. The van der Waals surface area contributed by atoms with Crippen molar-refractivity contribution in [1.29, 1.82) is 0 Å². The van der Waals surface area contributed by atoms with E-state index < -0.39 is 6.04 Å².